The fraction of sp³-hybridized carbons (Fsp3) is 0.562. The molecule has 0 aromatic heterocycles. The molecule has 0 spiro atoms. The van der Waals surface area contributed by atoms with Crippen molar-refractivity contribution in [1.29, 1.82) is 0 Å². The van der Waals surface area contributed by atoms with Gasteiger partial charge in [0.25, 0.3) is 5.91 Å². The molecule has 21 heavy (non-hydrogen) atoms. The van der Waals surface area contributed by atoms with Crippen molar-refractivity contribution in [2.75, 3.05) is 25.9 Å². The van der Waals surface area contributed by atoms with Crippen LogP contribution in [-0.2, 0) is 5.75 Å². The topological polar surface area (TPSA) is 32.3 Å². The monoisotopic (exact) mass is 328 g/mol. The van der Waals surface area contributed by atoms with Crippen LogP contribution in [0, 0.1) is 0 Å². The Morgan fingerprint density at radius 2 is 1.90 bits per heavy atom. The summed E-state index contributed by atoms with van der Waals surface area (Å²) in [5.74, 6) is 2.33. The maximum Gasteiger partial charge on any atom is 0.253 e. The van der Waals surface area contributed by atoms with E-state index in [0.29, 0.717) is 6.04 Å². The van der Waals surface area contributed by atoms with Crippen LogP contribution in [0.1, 0.15) is 35.7 Å². The molecule has 1 N–H and O–H groups in total. The predicted octanol–water partition coefficient (Wildman–Crippen LogP) is 3.19. The van der Waals surface area contributed by atoms with Crippen molar-refractivity contribution >= 4 is 30.1 Å². The summed E-state index contributed by atoms with van der Waals surface area (Å²) >= 11 is 1.90. The molecule has 0 saturated carbocycles. The molecule has 118 valence electrons. The second-order valence-corrected chi connectivity index (χ2v) is 6.46. The van der Waals surface area contributed by atoms with Crippen molar-refractivity contribution in [2.45, 2.75) is 31.6 Å². The maximum absolute atomic E-state index is 12.4. The highest BCUT2D eigenvalue weighted by atomic mass is 35.5. The molecule has 1 heterocycles. The normalized spacial score (nSPS) is 15.6. The van der Waals surface area contributed by atoms with E-state index in [2.05, 4.69) is 24.4 Å². The van der Waals surface area contributed by atoms with Crippen molar-refractivity contribution in [2.24, 2.45) is 0 Å². The van der Waals surface area contributed by atoms with E-state index < -0.39 is 0 Å². The van der Waals surface area contributed by atoms with Crippen molar-refractivity contribution in [3.63, 3.8) is 0 Å². The molecule has 0 atom stereocenters. The highest BCUT2D eigenvalue weighted by Gasteiger charge is 2.22. The van der Waals surface area contributed by atoms with Crippen molar-refractivity contribution < 1.29 is 4.79 Å². The molecule has 0 aliphatic carbocycles. The van der Waals surface area contributed by atoms with Gasteiger partial charge in [-0.05, 0) is 43.3 Å². The Labute approximate surface area is 138 Å². The van der Waals surface area contributed by atoms with E-state index in [9.17, 15) is 4.79 Å². The van der Waals surface area contributed by atoms with Crippen LogP contribution in [-0.4, -0.2) is 42.7 Å². The second kappa shape index (κ2) is 9.34. The second-order valence-electron chi connectivity index (χ2n) is 5.19. The van der Waals surface area contributed by atoms with Gasteiger partial charge in [-0.3, -0.25) is 4.79 Å². The molecule has 1 aliphatic heterocycles. The number of carbonyl (C=O) groups is 1. The van der Waals surface area contributed by atoms with Crippen LogP contribution < -0.4 is 5.32 Å². The average Bonchev–Trinajstić information content (AvgIpc) is 2.53. The lowest BCUT2D eigenvalue weighted by molar-refractivity contribution is 0.0707. The number of hydrogen-bond acceptors (Lipinski definition) is 3. The van der Waals surface area contributed by atoms with Gasteiger partial charge >= 0.3 is 0 Å². The molecule has 1 fully saturated rings. The third kappa shape index (κ3) is 5.20. The first kappa shape index (κ1) is 18.3. The summed E-state index contributed by atoms with van der Waals surface area (Å²) in [7, 11) is 2.00. The van der Waals surface area contributed by atoms with Crippen molar-refractivity contribution in [3.8, 4) is 0 Å². The molecule has 1 aromatic carbocycles. The van der Waals surface area contributed by atoms with E-state index in [1.807, 2.05) is 35.8 Å². The molecule has 1 aliphatic rings. The molecule has 0 bridgehead atoms. The lowest BCUT2D eigenvalue weighted by atomic mass is 10.0. The zero-order chi connectivity index (χ0) is 14.4. The highest BCUT2D eigenvalue weighted by molar-refractivity contribution is 7.98. The summed E-state index contributed by atoms with van der Waals surface area (Å²) in [5.41, 5.74) is 2.11. The summed E-state index contributed by atoms with van der Waals surface area (Å²) in [6.45, 7) is 3.88. The van der Waals surface area contributed by atoms with E-state index >= 15 is 0 Å². The minimum atomic E-state index is 0. The first-order valence-corrected chi connectivity index (χ1v) is 8.53. The Bertz CT molecular complexity index is 430. The summed E-state index contributed by atoms with van der Waals surface area (Å²) in [5, 5.41) is 3.29. The molecule has 3 nitrogen and oxygen atoms in total. The van der Waals surface area contributed by atoms with Crippen molar-refractivity contribution in [1.82, 2.24) is 10.2 Å². The van der Waals surface area contributed by atoms with Crippen LogP contribution in [0.5, 0.6) is 0 Å². The van der Waals surface area contributed by atoms with Gasteiger partial charge in [-0.2, -0.15) is 11.8 Å². The third-order valence-electron chi connectivity index (χ3n) is 3.86. The van der Waals surface area contributed by atoms with Gasteiger partial charge in [-0.1, -0.05) is 19.1 Å². The van der Waals surface area contributed by atoms with Gasteiger partial charge in [-0.15, -0.1) is 12.4 Å². The van der Waals surface area contributed by atoms with Gasteiger partial charge in [0.1, 0.15) is 0 Å². The number of rotatable bonds is 5. The molecule has 1 aromatic rings. The Morgan fingerprint density at radius 1 is 1.29 bits per heavy atom. The van der Waals surface area contributed by atoms with Crippen molar-refractivity contribution in [3.05, 3.63) is 35.4 Å². The lowest BCUT2D eigenvalue weighted by Crippen LogP contribution is -2.43. The minimum Gasteiger partial charge on any atom is -0.339 e. The van der Waals surface area contributed by atoms with E-state index in [4.69, 9.17) is 0 Å². The number of likely N-dealkylation sites (tertiary alicyclic amines) is 1. The molecule has 1 saturated heterocycles. The fourth-order valence-corrected chi connectivity index (χ4v) is 3.15. The number of thioether (sulfide) groups is 1. The molecule has 1 amide bonds. The molecule has 2 rings (SSSR count). The zero-order valence-electron chi connectivity index (χ0n) is 12.8. The number of halogens is 1. The van der Waals surface area contributed by atoms with E-state index in [1.54, 1.807) is 0 Å². The Balaban J connectivity index is 0.00000220. The number of nitrogens with one attached hydrogen (secondary N) is 1. The van der Waals surface area contributed by atoms with Gasteiger partial charge in [-0.25, -0.2) is 0 Å². The molecule has 5 heteroatoms. The van der Waals surface area contributed by atoms with E-state index in [-0.39, 0.29) is 18.3 Å². The van der Waals surface area contributed by atoms with Crippen LogP contribution in [0.4, 0.5) is 0 Å². The molecular weight excluding hydrogens is 304 g/mol. The first-order valence-electron chi connectivity index (χ1n) is 7.37. The molecule has 0 unspecified atom stereocenters. The summed E-state index contributed by atoms with van der Waals surface area (Å²) in [6, 6.07) is 8.66. The number of hydrogen-bond donors (Lipinski definition) is 1. The number of benzene rings is 1. The maximum atomic E-state index is 12.4. The average molecular weight is 329 g/mol. The SMILES string of the molecule is CCSCc1ccc(C(=O)N2CCC(NC)CC2)cc1.Cl. The number of piperidine rings is 1. The Hall–Kier alpha value is -0.710. The number of carbonyl (C=O) groups excluding carboxylic acids is 1. The number of amides is 1. The quantitative estimate of drug-likeness (QED) is 0.901. The first-order chi connectivity index (χ1) is 9.74. The van der Waals surface area contributed by atoms with Crippen LogP contribution in [0.25, 0.3) is 0 Å². The largest absolute Gasteiger partial charge is 0.339 e. The van der Waals surface area contributed by atoms with Gasteiger partial charge < -0.3 is 10.2 Å². The van der Waals surface area contributed by atoms with Crippen LogP contribution in [0.2, 0.25) is 0 Å². The Kier molecular flexibility index (Phi) is 8.15. The Morgan fingerprint density at radius 3 is 2.43 bits per heavy atom. The van der Waals surface area contributed by atoms with Crippen LogP contribution >= 0.6 is 24.2 Å². The van der Waals surface area contributed by atoms with Crippen LogP contribution in [0.3, 0.4) is 0 Å². The molecule has 0 radical (unpaired) electrons. The standard InChI is InChI=1S/C16H24N2OS.ClH/c1-3-20-12-13-4-6-14(7-5-13)16(19)18-10-8-15(17-2)9-11-18;/h4-7,15,17H,3,8-12H2,1-2H3;1H. The predicted molar refractivity (Wildman–Crippen MR) is 93.5 cm³/mol. The number of nitrogens with zero attached hydrogens (tertiary/aromatic N) is 1. The summed E-state index contributed by atoms with van der Waals surface area (Å²) < 4.78 is 0. The minimum absolute atomic E-state index is 0. The van der Waals surface area contributed by atoms with Gasteiger partial charge in [0.05, 0.1) is 0 Å². The fourth-order valence-electron chi connectivity index (χ4n) is 2.52. The zero-order valence-corrected chi connectivity index (χ0v) is 14.4. The highest BCUT2D eigenvalue weighted by Crippen LogP contribution is 2.16. The summed E-state index contributed by atoms with van der Waals surface area (Å²) in [4.78, 5) is 14.4. The molecular formula is C16H25ClN2OS. The third-order valence-corrected chi connectivity index (χ3v) is 4.81. The van der Waals surface area contributed by atoms with Crippen LogP contribution in [0.15, 0.2) is 24.3 Å². The van der Waals surface area contributed by atoms with Gasteiger partial charge in [0.15, 0.2) is 0 Å². The van der Waals surface area contributed by atoms with Gasteiger partial charge in [0.2, 0.25) is 0 Å². The lowest BCUT2D eigenvalue weighted by Gasteiger charge is -2.31. The van der Waals surface area contributed by atoms with Gasteiger partial charge in [0, 0.05) is 30.4 Å². The summed E-state index contributed by atoms with van der Waals surface area (Å²) in [6.07, 6.45) is 2.10. The van der Waals surface area contributed by atoms with E-state index in [0.717, 1.165) is 43.0 Å². The van der Waals surface area contributed by atoms with E-state index in [1.165, 1.54) is 5.56 Å². The smallest absolute Gasteiger partial charge is 0.253 e.